The fourth-order valence-electron chi connectivity index (χ4n) is 0.802. The first kappa shape index (κ1) is 12.5. The van der Waals surface area contributed by atoms with E-state index in [2.05, 4.69) is 33.3 Å². The summed E-state index contributed by atoms with van der Waals surface area (Å²) in [6.45, 7) is 1.77. The van der Waals surface area contributed by atoms with Crippen LogP contribution in [-0.4, -0.2) is 20.2 Å². The molecule has 1 aromatic rings. The molecule has 1 rings (SSSR count). The van der Waals surface area contributed by atoms with Gasteiger partial charge in [-0.15, -0.1) is 11.3 Å². The monoisotopic (exact) mass is 315 g/mol. The molecule has 14 heavy (non-hydrogen) atoms. The predicted molar refractivity (Wildman–Crippen MR) is 65.7 cm³/mol. The SMILES string of the molecule is C[C@H](CS)NS(=O)(=O)c1ccc(Br)s1. The fourth-order valence-corrected chi connectivity index (χ4v) is 4.29. The van der Waals surface area contributed by atoms with Gasteiger partial charge in [0.25, 0.3) is 0 Å². The highest BCUT2D eigenvalue weighted by Gasteiger charge is 2.18. The van der Waals surface area contributed by atoms with Crippen molar-refractivity contribution in [3.63, 3.8) is 0 Å². The number of thiol groups is 1. The molecule has 80 valence electrons. The van der Waals surface area contributed by atoms with Crippen molar-refractivity contribution in [1.29, 1.82) is 0 Å². The summed E-state index contributed by atoms with van der Waals surface area (Å²) < 4.78 is 27.0. The zero-order valence-corrected chi connectivity index (χ0v) is 11.5. The second-order valence-corrected chi connectivity index (χ2v) is 7.53. The second kappa shape index (κ2) is 4.98. The first-order chi connectivity index (χ1) is 6.45. The van der Waals surface area contributed by atoms with E-state index in [0.717, 1.165) is 3.79 Å². The Hall–Kier alpha value is 0.440. The Bertz CT molecular complexity index is 401. The topological polar surface area (TPSA) is 46.2 Å². The smallest absolute Gasteiger partial charge is 0.207 e. The number of sulfonamides is 1. The van der Waals surface area contributed by atoms with Crippen molar-refractivity contribution in [1.82, 2.24) is 4.72 Å². The van der Waals surface area contributed by atoms with Gasteiger partial charge in [-0.3, -0.25) is 0 Å². The van der Waals surface area contributed by atoms with E-state index in [1.807, 2.05) is 0 Å². The molecule has 0 saturated heterocycles. The zero-order valence-electron chi connectivity index (χ0n) is 7.40. The van der Waals surface area contributed by atoms with Gasteiger partial charge in [0.2, 0.25) is 10.0 Å². The van der Waals surface area contributed by atoms with Gasteiger partial charge < -0.3 is 0 Å². The van der Waals surface area contributed by atoms with Gasteiger partial charge in [0, 0.05) is 11.8 Å². The molecule has 1 atom stereocenters. The maximum absolute atomic E-state index is 11.7. The summed E-state index contributed by atoms with van der Waals surface area (Å²) >= 11 is 8.42. The van der Waals surface area contributed by atoms with Crippen molar-refractivity contribution in [2.45, 2.75) is 17.2 Å². The van der Waals surface area contributed by atoms with Crippen LogP contribution in [0.1, 0.15) is 6.92 Å². The molecule has 1 N–H and O–H groups in total. The number of halogens is 1. The van der Waals surface area contributed by atoms with Gasteiger partial charge in [-0.25, -0.2) is 13.1 Å². The summed E-state index contributed by atoms with van der Waals surface area (Å²) in [5, 5.41) is 0. The largest absolute Gasteiger partial charge is 0.250 e. The quantitative estimate of drug-likeness (QED) is 0.836. The van der Waals surface area contributed by atoms with Crippen molar-refractivity contribution < 1.29 is 8.42 Å². The summed E-state index contributed by atoms with van der Waals surface area (Å²) in [4.78, 5) is 0. The number of hydrogen-bond donors (Lipinski definition) is 2. The molecule has 7 heteroatoms. The molecule has 0 aliphatic heterocycles. The van der Waals surface area contributed by atoms with Crippen LogP contribution in [0.3, 0.4) is 0 Å². The highest BCUT2D eigenvalue weighted by molar-refractivity contribution is 9.11. The van der Waals surface area contributed by atoms with Crippen molar-refractivity contribution >= 4 is 49.9 Å². The standard InChI is InChI=1S/C7H10BrNO2S3/c1-5(4-12)9-14(10,11)7-3-2-6(8)13-7/h2-3,5,9,12H,4H2,1H3/t5-/m1/s1. The normalized spacial score (nSPS) is 14.2. The lowest BCUT2D eigenvalue weighted by atomic mass is 10.4. The van der Waals surface area contributed by atoms with Crippen molar-refractivity contribution in [2.75, 3.05) is 5.75 Å². The second-order valence-electron chi connectivity index (χ2n) is 2.76. The van der Waals surface area contributed by atoms with Crippen molar-refractivity contribution in [2.24, 2.45) is 0 Å². The van der Waals surface area contributed by atoms with Crippen LogP contribution in [0.2, 0.25) is 0 Å². The molecule has 0 fully saturated rings. The number of hydrogen-bond acceptors (Lipinski definition) is 4. The van der Waals surface area contributed by atoms with Gasteiger partial charge in [0.05, 0.1) is 3.79 Å². The van der Waals surface area contributed by atoms with Crippen LogP contribution in [0.5, 0.6) is 0 Å². The number of nitrogens with one attached hydrogen (secondary N) is 1. The average molecular weight is 316 g/mol. The fraction of sp³-hybridized carbons (Fsp3) is 0.429. The van der Waals surface area contributed by atoms with E-state index in [0.29, 0.717) is 9.96 Å². The Morgan fingerprint density at radius 2 is 2.29 bits per heavy atom. The maximum atomic E-state index is 11.7. The lowest BCUT2D eigenvalue weighted by Gasteiger charge is -2.09. The van der Waals surface area contributed by atoms with E-state index in [-0.39, 0.29) is 6.04 Å². The van der Waals surface area contributed by atoms with Gasteiger partial charge in [0.1, 0.15) is 4.21 Å². The molecule has 1 heterocycles. The van der Waals surface area contributed by atoms with Gasteiger partial charge in [-0.05, 0) is 35.0 Å². The summed E-state index contributed by atoms with van der Waals surface area (Å²) in [5.74, 6) is 0.478. The molecule has 0 unspecified atom stereocenters. The van der Waals surface area contributed by atoms with E-state index >= 15 is 0 Å². The number of rotatable bonds is 4. The summed E-state index contributed by atoms with van der Waals surface area (Å²) in [5.41, 5.74) is 0. The summed E-state index contributed by atoms with van der Waals surface area (Å²) in [6, 6.07) is 3.12. The van der Waals surface area contributed by atoms with Gasteiger partial charge >= 0.3 is 0 Å². The molecule has 3 nitrogen and oxygen atoms in total. The lowest BCUT2D eigenvalue weighted by Crippen LogP contribution is -2.33. The third-order valence-electron chi connectivity index (χ3n) is 1.44. The Kier molecular flexibility index (Phi) is 4.45. The summed E-state index contributed by atoms with van der Waals surface area (Å²) in [6.07, 6.45) is 0. The molecule has 1 aromatic heterocycles. The van der Waals surface area contributed by atoms with E-state index < -0.39 is 10.0 Å². The molecule has 0 aliphatic rings. The molecular weight excluding hydrogens is 306 g/mol. The molecule has 0 aliphatic carbocycles. The van der Waals surface area contributed by atoms with Crippen LogP contribution in [0.4, 0.5) is 0 Å². The Morgan fingerprint density at radius 1 is 1.64 bits per heavy atom. The Balaban J connectivity index is 2.86. The minimum atomic E-state index is -3.36. The van der Waals surface area contributed by atoms with E-state index in [4.69, 9.17) is 0 Å². The van der Waals surface area contributed by atoms with E-state index in [9.17, 15) is 8.42 Å². The minimum Gasteiger partial charge on any atom is -0.207 e. The van der Waals surface area contributed by atoms with Gasteiger partial charge in [-0.2, -0.15) is 12.6 Å². The molecule has 0 saturated carbocycles. The zero-order chi connectivity index (χ0) is 10.8. The maximum Gasteiger partial charge on any atom is 0.250 e. The molecule has 0 bridgehead atoms. The Morgan fingerprint density at radius 3 is 2.71 bits per heavy atom. The Labute approximate surface area is 101 Å². The third kappa shape index (κ3) is 3.23. The van der Waals surface area contributed by atoms with Crippen LogP contribution in [-0.2, 0) is 10.0 Å². The highest BCUT2D eigenvalue weighted by Crippen LogP contribution is 2.25. The van der Waals surface area contributed by atoms with Gasteiger partial charge in [0.15, 0.2) is 0 Å². The first-order valence-electron chi connectivity index (χ1n) is 3.84. The van der Waals surface area contributed by atoms with E-state index in [1.54, 1.807) is 19.1 Å². The summed E-state index contributed by atoms with van der Waals surface area (Å²) in [7, 11) is -3.36. The lowest BCUT2D eigenvalue weighted by molar-refractivity contribution is 0.573. The van der Waals surface area contributed by atoms with Crippen LogP contribution in [0.25, 0.3) is 0 Å². The van der Waals surface area contributed by atoms with E-state index in [1.165, 1.54) is 11.3 Å². The van der Waals surface area contributed by atoms with Crippen molar-refractivity contribution in [3.05, 3.63) is 15.9 Å². The average Bonchev–Trinajstić information content (AvgIpc) is 2.51. The van der Waals surface area contributed by atoms with Gasteiger partial charge in [-0.1, -0.05) is 0 Å². The molecule has 0 aromatic carbocycles. The predicted octanol–water partition coefficient (Wildman–Crippen LogP) is 2.11. The molecule has 0 spiro atoms. The van der Waals surface area contributed by atoms with Crippen LogP contribution in [0.15, 0.2) is 20.1 Å². The van der Waals surface area contributed by atoms with Crippen LogP contribution in [0, 0.1) is 0 Å². The van der Waals surface area contributed by atoms with Crippen LogP contribution >= 0.6 is 39.9 Å². The molecular formula is C7H10BrNO2S3. The third-order valence-corrected chi connectivity index (χ3v) is 5.70. The van der Waals surface area contributed by atoms with Crippen molar-refractivity contribution in [3.8, 4) is 0 Å². The minimum absolute atomic E-state index is 0.163. The molecule has 0 amide bonds. The van der Waals surface area contributed by atoms with Crippen LogP contribution < -0.4 is 4.72 Å². The highest BCUT2D eigenvalue weighted by atomic mass is 79.9. The molecule has 0 radical (unpaired) electrons. The number of thiophene rings is 1. The first-order valence-corrected chi connectivity index (χ1v) is 7.57.